The van der Waals surface area contributed by atoms with E-state index in [1.54, 1.807) is 6.07 Å². The second-order valence-corrected chi connectivity index (χ2v) is 5.41. The topological polar surface area (TPSA) is 46.5 Å². The third-order valence-electron chi connectivity index (χ3n) is 2.47. The Morgan fingerprint density at radius 3 is 2.05 bits per heavy atom. The van der Waals surface area contributed by atoms with Crippen LogP contribution in [0.25, 0.3) is 0 Å². The summed E-state index contributed by atoms with van der Waals surface area (Å²) < 4.78 is 43.8. The number of aliphatic hydroxyl groups excluding tert-OH is 1. The summed E-state index contributed by atoms with van der Waals surface area (Å²) in [5, 5.41) is 9.86. The molecule has 6 heteroatoms. The Kier molecular flexibility index (Phi) is 4.81. The number of carbonyl (C=O) groups excluding carboxylic acids is 1. The molecule has 0 radical (unpaired) electrons. The zero-order chi connectivity index (χ0) is 15.6. The van der Waals surface area contributed by atoms with Crippen molar-refractivity contribution in [3.8, 4) is 0 Å². The summed E-state index contributed by atoms with van der Waals surface area (Å²) in [5.41, 5.74) is -1.04. The fraction of sp³-hybridized carbons (Fsp3) is 0.500. The third kappa shape index (κ3) is 4.52. The van der Waals surface area contributed by atoms with E-state index >= 15 is 0 Å². The Balaban J connectivity index is 3.05. The van der Waals surface area contributed by atoms with E-state index in [1.807, 2.05) is 0 Å². The lowest BCUT2D eigenvalue weighted by molar-refractivity contribution is -0.221. The second kappa shape index (κ2) is 5.83. The van der Waals surface area contributed by atoms with Crippen LogP contribution in [0.1, 0.15) is 32.4 Å². The Morgan fingerprint density at radius 2 is 1.65 bits per heavy atom. The molecule has 2 atom stereocenters. The lowest BCUT2D eigenvalue weighted by Gasteiger charge is -2.28. The molecular weight excluding hydrogens is 273 g/mol. The molecule has 0 heterocycles. The number of hydrogen-bond donors (Lipinski definition) is 1. The van der Waals surface area contributed by atoms with Crippen molar-refractivity contribution >= 4 is 5.97 Å². The van der Waals surface area contributed by atoms with Crippen LogP contribution in [0.2, 0.25) is 0 Å². The van der Waals surface area contributed by atoms with Crippen LogP contribution in [0.5, 0.6) is 0 Å². The van der Waals surface area contributed by atoms with Crippen molar-refractivity contribution in [2.75, 3.05) is 0 Å². The van der Waals surface area contributed by atoms with Crippen LogP contribution >= 0.6 is 0 Å². The fourth-order valence-electron chi connectivity index (χ4n) is 1.65. The van der Waals surface area contributed by atoms with Crippen LogP contribution in [-0.2, 0) is 9.53 Å². The fourth-order valence-corrected chi connectivity index (χ4v) is 1.65. The van der Waals surface area contributed by atoms with Gasteiger partial charge < -0.3 is 9.84 Å². The van der Waals surface area contributed by atoms with Crippen LogP contribution in [0.15, 0.2) is 30.3 Å². The van der Waals surface area contributed by atoms with Crippen molar-refractivity contribution in [3.05, 3.63) is 35.9 Å². The molecule has 0 aliphatic rings. The predicted octanol–water partition coefficient (Wildman–Crippen LogP) is 3.24. The van der Waals surface area contributed by atoms with Crippen molar-refractivity contribution in [3.63, 3.8) is 0 Å². The molecule has 0 saturated heterocycles. The highest BCUT2D eigenvalue weighted by Gasteiger charge is 2.51. The highest BCUT2D eigenvalue weighted by atomic mass is 19.4. The summed E-state index contributed by atoms with van der Waals surface area (Å²) >= 11 is 0. The smallest absolute Gasteiger partial charge is 0.405 e. The Labute approximate surface area is 115 Å². The minimum atomic E-state index is -4.89. The van der Waals surface area contributed by atoms with Crippen LogP contribution in [0.4, 0.5) is 13.2 Å². The van der Waals surface area contributed by atoms with E-state index in [9.17, 15) is 23.1 Å². The minimum Gasteiger partial charge on any atom is -0.459 e. The molecule has 1 aromatic carbocycles. The van der Waals surface area contributed by atoms with Gasteiger partial charge in [0.2, 0.25) is 0 Å². The molecule has 0 fully saturated rings. The monoisotopic (exact) mass is 290 g/mol. The van der Waals surface area contributed by atoms with E-state index < -0.39 is 29.8 Å². The van der Waals surface area contributed by atoms with Crippen molar-refractivity contribution in [2.24, 2.45) is 5.92 Å². The molecule has 0 bridgehead atoms. The lowest BCUT2D eigenvalue weighted by Crippen LogP contribution is -2.40. The van der Waals surface area contributed by atoms with Crippen molar-refractivity contribution in [1.82, 2.24) is 0 Å². The number of ether oxygens (including phenoxy) is 1. The van der Waals surface area contributed by atoms with Gasteiger partial charge in [0.25, 0.3) is 0 Å². The van der Waals surface area contributed by atoms with E-state index in [0.717, 1.165) is 0 Å². The SMILES string of the molecule is CC(C)(C)OC(=O)[C@H]([C@@H](O)c1ccccc1)C(F)(F)F. The third-order valence-corrected chi connectivity index (χ3v) is 2.47. The van der Waals surface area contributed by atoms with E-state index in [2.05, 4.69) is 0 Å². The van der Waals surface area contributed by atoms with Gasteiger partial charge in [-0.1, -0.05) is 30.3 Å². The lowest BCUT2D eigenvalue weighted by atomic mass is 9.95. The molecular formula is C14H17F3O3. The number of benzene rings is 1. The average Bonchev–Trinajstić information content (AvgIpc) is 2.25. The zero-order valence-corrected chi connectivity index (χ0v) is 11.4. The summed E-state index contributed by atoms with van der Waals surface area (Å²) in [6, 6.07) is 7.23. The maximum atomic E-state index is 13.0. The largest absolute Gasteiger partial charge is 0.459 e. The van der Waals surface area contributed by atoms with Gasteiger partial charge in [0.05, 0.1) is 0 Å². The van der Waals surface area contributed by atoms with E-state index in [0.29, 0.717) is 0 Å². The molecule has 0 unspecified atom stereocenters. The zero-order valence-electron chi connectivity index (χ0n) is 11.4. The normalized spacial score (nSPS) is 15.6. The van der Waals surface area contributed by atoms with Gasteiger partial charge in [-0.15, -0.1) is 0 Å². The number of halogens is 3. The van der Waals surface area contributed by atoms with Crippen LogP contribution in [-0.4, -0.2) is 22.9 Å². The van der Waals surface area contributed by atoms with Gasteiger partial charge in [0.1, 0.15) is 11.7 Å². The van der Waals surface area contributed by atoms with Gasteiger partial charge in [-0.3, -0.25) is 4.79 Å². The molecule has 1 N–H and O–H groups in total. The van der Waals surface area contributed by atoms with Gasteiger partial charge in [-0.05, 0) is 26.3 Å². The number of aliphatic hydroxyl groups is 1. The number of carbonyl (C=O) groups is 1. The minimum absolute atomic E-state index is 0.0145. The van der Waals surface area contributed by atoms with Gasteiger partial charge in [0.15, 0.2) is 5.92 Å². The van der Waals surface area contributed by atoms with Crippen molar-refractivity contribution < 1.29 is 27.8 Å². The number of esters is 1. The molecule has 0 spiro atoms. The number of alkyl halides is 3. The van der Waals surface area contributed by atoms with Crippen molar-refractivity contribution in [1.29, 1.82) is 0 Å². The summed E-state index contributed by atoms with van der Waals surface area (Å²) in [7, 11) is 0. The summed E-state index contributed by atoms with van der Waals surface area (Å²) in [4.78, 5) is 11.7. The molecule has 0 saturated carbocycles. The number of rotatable bonds is 3. The van der Waals surface area contributed by atoms with Gasteiger partial charge in [-0.2, -0.15) is 13.2 Å². The van der Waals surface area contributed by atoms with Gasteiger partial charge >= 0.3 is 12.1 Å². The molecule has 0 aromatic heterocycles. The summed E-state index contributed by atoms with van der Waals surface area (Å²) in [6.07, 6.45) is -6.89. The molecule has 1 rings (SSSR count). The molecule has 1 aromatic rings. The summed E-state index contributed by atoms with van der Waals surface area (Å²) in [6.45, 7) is 4.40. The first-order valence-electron chi connectivity index (χ1n) is 6.05. The van der Waals surface area contributed by atoms with E-state index in [4.69, 9.17) is 4.74 Å². The molecule has 0 aliphatic heterocycles. The first-order valence-corrected chi connectivity index (χ1v) is 6.05. The van der Waals surface area contributed by atoms with Crippen molar-refractivity contribution in [2.45, 2.75) is 38.7 Å². The second-order valence-electron chi connectivity index (χ2n) is 5.41. The maximum absolute atomic E-state index is 13.0. The first kappa shape index (κ1) is 16.5. The van der Waals surface area contributed by atoms with Gasteiger partial charge in [0, 0.05) is 0 Å². The van der Waals surface area contributed by atoms with Gasteiger partial charge in [-0.25, -0.2) is 0 Å². The quantitative estimate of drug-likeness (QED) is 0.869. The van der Waals surface area contributed by atoms with E-state index in [1.165, 1.54) is 45.0 Å². The average molecular weight is 290 g/mol. The highest BCUT2D eigenvalue weighted by molar-refractivity contribution is 5.74. The Morgan fingerprint density at radius 1 is 1.15 bits per heavy atom. The molecule has 3 nitrogen and oxygen atoms in total. The molecule has 0 aliphatic carbocycles. The van der Waals surface area contributed by atoms with E-state index in [-0.39, 0.29) is 5.56 Å². The standard InChI is InChI=1S/C14H17F3O3/c1-13(2,3)20-12(19)10(14(15,16)17)11(18)9-7-5-4-6-8-9/h4-8,10-11,18H,1-3H3/t10-,11-/m0/s1. The van der Waals surface area contributed by atoms with Crippen LogP contribution in [0, 0.1) is 5.92 Å². The molecule has 112 valence electrons. The summed E-state index contributed by atoms with van der Waals surface area (Å²) in [5.74, 6) is -4.09. The molecule has 20 heavy (non-hydrogen) atoms. The number of hydrogen-bond acceptors (Lipinski definition) is 3. The van der Waals surface area contributed by atoms with Crippen LogP contribution < -0.4 is 0 Å². The predicted molar refractivity (Wildman–Crippen MR) is 66.8 cm³/mol. The Hall–Kier alpha value is -1.56. The molecule has 0 amide bonds. The first-order chi connectivity index (χ1) is 9.02. The van der Waals surface area contributed by atoms with Crippen LogP contribution in [0.3, 0.4) is 0 Å². The Bertz CT molecular complexity index is 449. The maximum Gasteiger partial charge on any atom is 0.405 e. The highest BCUT2D eigenvalue weighted by Crippen LogP contribution is 2.37.